The van der Waals surface area contributed by atoms with E-state index in [0.717, 1.165) is 17.8 Å². The van der Waals surface area contributed by atoms with Crippen molar-refractivity contribution in [3.8, 4) is 0 Å². The molecule has 0 bridgehead atoms. The number of Topliss-reactive ketones (excluding diaryl/α,β-unsaturated/α-hetero) is 1. The molecule has 29 heavy (non-hydrogen) atoms. The molecule has 1 atom stereocenters. The van der Waals surface area contributed by atoms with Crippen LogP contribution in [0, 0.1) is 5.82 Å². The number of benzene rings is 2. The number of ketones is 1. The predicted molar refractivity (Wildman–Crippen MR) is 114 cm³/mol. The number of nitrogens with zero attached hydrogens (tertiary/aromatic N) is 4. The topological polar surface area (TPSA) is 51.0 Å². The van der Waals surface area contributed by atoms with Crippen LogP contribution in [0.3, 0.4) is 0 Å². The SMILES string of the molecule is CC[C@@H](c1nnc(SCC(=O)c2ccc(F)cc2)n1Cc1ccccc1)N(C)C. The Bertz CT molecular complexity index is 941. The van der Waals surface area contributed by atoms with Gasteiger partial charge in [-0.25, -0.2) is 4.39 Å². The minimum absolute atomic E-state index is 0.0644. The van der Waals surface area contributed by atoms with Crippen molar-refractivity contribution in [1.82, 2.24) is 19.7 Å². The molecule has 0 fully saturated rings. The van der Waals surface area contributed by atoms with Crippen molar-refractivity contribution < 1.29 is 9.18 Å². The maximum absolute atomic E-state index is 13.1. The van der Waals surface area contributed by atoms with E-state index in [9.17, 15) is 9.18 Å². The molecule has 2 aromatic carbocycles. The lowest BCUT2D eigenvalue weighted by molar-refractivity contribution is 0.102. The minimum atomic E-state index is -0.351. The first-order valence-corrected chi connectivity index (χ1v) is 10.5. The quantitative estimate of drug-likeness (QED) is 0.384. The van der Waals surface area contributed by atoms with Gasteiger partial charge in [0.15, 0.2) is 16.8 Å². The number of carbonyl (C=O) groups excluding carboxylic acids is 1. The summed E-state index contributed by atoms with van der Waals surface area (Å²) in [5.41, 5.74) is 1.64. The lowest BCUT2D eigenvalue weighted by atomic mass is 10.1. The fourth-order valence-corrected chi connectivity index (χ4v) is 4.04. The molecular formula is C22H25FN4OS. The number of carbonyl (C=O) groups is 1. The third-order valence-electron chi connectivity index (χ3n) is 4.74. The molecule has 1 aromatic heterocycles. The lowest BCUT2D eigenvalue weighted by Gasteiger charge is -2.23. The first kappa shape index (κ1) is 21.2. The Morgan fingerprint density at radius 3 is 2.41 bits per heavy atom. The van der Waals surface area contributed by atoms with Gasteiger partial charge in [-0.3, -0.25) is 9.69 Å². The van der Waals surface area contributed by atoms with E-state index in [4.69, 9.17) is 0 Å². The summed E-state index contributed by atoms with van der Waals surface area (Å²) in [5.74, 6) is 0.691. The largest absolute Gasteiger partial charge is 0.300 e. The maximum Gasteiger partial charge on any atom is 0.192 e. The number of hydrogen-bond acceptors (Lipinski definition) is 5. The maximum atomic E-state index is 13.1. The van der Waals surface area contributed by atoms with Crippen molar-refractivity contribution in [2.24, 2.45) is 0 Å². The molecule has 0 spiro atoms. The molecule has 3 aromatic rings. The summed E-state index contributed by atoms with van der Waals surface area (Å²) < 4.78 is 15.2. The van der Waals surface area contributed by atoms with Crippen LogP contribution in [-0.2, 0) is 6.54 Å². The van der Waals surface area contributed by atoms with Crippen LogP contribution in [0.2, 0.25) is 0 Å². The van der Waals surface area contributed by atoms with Crippen LogP contribution in [-0.4, -0.2) is 45.3 Å². The van der Waals surface area contributed by atoms with E-state index in [1.165, 1.54) is 36.0 Å². The van der Waals surface area contributed by atoms with Gasteiger partial charge >= 0.3 is 0 Å². The van der Waals surface area contributed by atoms with Gasteiger partial charge in [0, 0.05) is 5.56 Å². The highest BCUT2D eigenvalue weighted by Gasteiger charge is 2.22. The minimum Gasteiger partial charge on any atom is -0.300 e. The average Bonchev–Trinajstić information content (AvgIpc) is 3.10. The first-order valence-electron chi connectivity index (χ1n) is 9.54. The standard InChI is InChI=1S/C22H25FN4OS/c1-4-19(26(2)3)21-24-25-22(27(21)14-16-8-6-5-7-9-16)29-15-20(28)17-10-12-18(23)13-11-17/h5-13,19H,4,14-15H2,1-3H3/t19-/m0/s1. The van der Waals surface area contributed by atoms with Crippen molar-refractivity contribution in [3.63, 3.8) is 0 Å². The summed E-state index contributed by atoms with van der Waals surface area (Å²) in [5, 5.41) is 9.54. The average molecular weight is 413 g/mol. The van der Waals surface area contributed by atoms with E-state index >= 15 is 0 Å². The lowest BCUT2D eigenvalue weighted by Crippen LogP contribution is -2.23. The van der Waals surface area contributed by atoms with Gasteiger partial charge < -0.3 is 4.57 Å². The molecule has 0 aliphatic carbocycles. The molecule has 0 aliphatic heterocycles. The Kier molecular flexibility index (Phi) is 7.17. The zero-order valence-corrected chi connectivity index (χ0v) is 17.7. The third-order valence-corrected chi connectivity index (χ3v) is 5.70. The first-order chi connectivity index (χ1) is 14.0. The van der Waals surface area contributed by atoms with Crippen LogP contribution in [0.25, 0.3) is 0 Å². The number of halogens is 1. The van der Waals surface area contributed by atoms with Crippen LogP contribution < -0.4 is 0 Å². The summed E-state index contributed by atoms with van der Waals surface area (Å²) in [6.45, 7) is 2.76. The molecule has 0 N–H and O–H groups in total. The molecule has 0 aliphatic rings. The fourth-order valence-electron chi connectivity index (χ4n) is 3.20. The Morgan fingerprint density at radius 1 is 1.10 bits per heavy atom. The van der Waals surface area contributed by atoms with Crippen LogP contribution in [0.5, 0.6) is 0 Å². The highest BCUT2D eigenvalue weighted by atomic mass is 32.2. The molecule has 0 radical (unpaired) electrons. The molecule has 0 saturated heterocycles. The molecule has 0 saturated carbocycles. The molecule has 5 nitrogen and oxygen atoms in total. The number of aromatic nitrogens is 3. The van der Waals surface area contributed by atoms with E-state index in [-0.39, 0.29) is 23.4 Å². The molecular weight excluding hydrogens is 387 g/mol. The van der Waals surface area contributed by atoms with Crippen LogP contribution in [0.4, 0.5) is 4.39 Å². The monoisotopic (exact) mass is 412 g/mol. The van der Waals surface area contributed by atoms with Gasteiger partial charge in [-0.15, -0.1) is 10.2 Å². The smallest absolute Gasteiger partial charge is 0.192 e. The molecule has 0 amide bonds. The summed E-state index contributed by atoms with van der Waals surface area (Å²) in [6, 6.07) is 15.9. The summed E-state index contributed by atoms with van der Waals surface area (Å²) in [4.78, 5) is 14.6. The normalized spacial score (nSPS) is 12.3. The van der Waals surface area contributed by atoms with Crippen LogP contribution in [0.15, 0.2) is 59.8 Å². The van der Waals surface area contributed by atoms with Gasteiger partial charge in [-0.1, -0.05) is 49.0 Å². The molecule has 7 heteroatoms. The van der Waals surface area contributed by atoms with E-state index in [2.05, 4.69) is 38.7 Å². The van der Waals surface area contributed by atoms with E-state index in [1.54, 1.807) is 0 Å². The third kappa shape index (κ3) is 5.31. The summed E-state index contributed by atoms with van der Waals surface area (Å²) in [7, 11) is 4.06. The Morgan fingerprint density at radius 2 is 1.79 bits per heavy atom. The van der Waals surface area contributed by atoms with Crippen molar-refractivity contribution in [2.45, 2.75) is 31.1 Å². The van der Waals surface area contributed by atoms with Gasteiger partial charge in [-0.2, -0.15) is 0 Å². The molecule has 3 rings (SSSR count). The number of hydrogen-bond donors (Lipinski definition) is 0. The molecule has 0 unspecified atom stereocenters. The van der Waals surface area contributed by atoms with Gasteiger partial charge in [-0.05, 0) is 50.3 Å². The van der Waals surface area contributed by atoms with Gasteiger partial charge in [0.1, 0.15) is 5.82 Å². The van der Waals surface area contributed by atoms with Crippen molar-refractivity contribution in [3.05, 3.63) is 77.4 Å². The van der Waals surface area contributed by atoms with Crippen molar-refractivity contribution in [2.75, 3.05) is 19.8 Å². The zero-order valence-electron chi connectivity index (χ0n) is 16.9. The van der Waals surface area contributed by atoms with Crippen LogP contribution >= 0.6 is 11.8 Å². The van der Waals surface area contributed by atoms with Gasteiger partial charge in [0.05, 0.1) is 18.3 Å². The summed E-state index contributed by atoms with van der Waals surface area (Å²) >= 11 is 1.36. The Labute approximate surface area is 175 Å². The molecule has 1 heterocycles. The van der Waals surface area contributed by atoms with Crippen molar-refractivity contribution >= 4 is 17.5 Å². The van der Waals surface area contributed by atoms with E-state index in [1.807, 2.05) is 32.3 Å². The van der Waals surface area contributed by atoms with E-state index < -0.39 is 0 Å². The number of thioether (sulfide) groups is 1. The highest BCUT2D eigenvalue weighted by Crippen LogP contribution is 2.26. The van der Waals surface area contributed by atoms with Gasteiger partial charge in [0.25, 0.3) is 0 Å². The zero-order chi connectivity index (χ0) is 20.8. The second kappa shape index (κ2) is 9.80. The Balaban J connectivity index is 1.84. The Hall–Kier alpha value is -2.51. The second-order valence-corrected chi connectivity index (χ2v) is 7.96. The molecule has 152 valence electrons. The fraction of sp³-hybridized carbons (Fsp3) is 0.318. The second-order valence-electron chi connectivity index (χ2n) is 7.02. The summed E-state index contributed by atoms with van der Waals surface area (Å²) in [6.07, 6.45) is 0.902. The number of rotatable bonds is 9. The van der Waals surface area contributed by atoms with Crippen LogP contribution in [0.1, 0.15) is 41.1 Å². The van der Waals surface area contributed by atoms with E-state index in [0.29, 0.717) is 17.3 Å². The predicted octanol–water partition coefficient (Wildman–Crippen LogP) is 4.45. The van der Waals surface area contributed by atoms with Gasteiger partial charge in [0.2, 0.25) is 0 Å². The van der Waals surface area contributed by atoms with Crippen molar-refractivity contribution in [1.29, 1.82) is 0 Å². The highest BCUT2D eigenvalue weighted by molar-refractivity contribution is 7.99.